The number of ether oxygens (including phenoxy) is 1. The average molecular weight is 235 g/mol. The first-order valence-corrected chi connectivity index (χ1v) is 3.55. The van der Waals surface area contributed by atoms with Crippen LogP contribution in [0.15, 0.2) is 18.5 Å². The molecule has 0 N–H and O–H groups in total. The Hall–Kier alpha value is -0.320. The standard InChI is InChI=1S/C6H6INO/c1-9-6-2-5(7)3-8-4-6/h2-4H,1H3. The van der Waals surface area contributed by atoms with Crippen LogP contribution in [0.4, 0.5) is 0 Å². The van der Waals surface area contributed by atoms with Gasteiger partial charge in [-0.05, 0) is 28.7 Å². The lowest BCUT2D eigenvalue weighted by atomic mass is 10.5. The van der Waals surface area contributed by atoms with E-state index in [-0.39, 0.29) is 0 Å². The summed E-state index contributed by atoms with van der Waals surface area (Å²) >= 11 is 2.19. The molecule has 0 unspecified atom stereocenters. The zero-order valence-electron chi connectivity index (χ0n) is 4.97. The summed E-state index contributed by atoms with van der Waals surface area (Å²) in [6.45, 7) is 0. The fourth-order valence-electron chi connectivity index (χ4n) is 0.504. The van der Waals surface area contributed by atoms with Gasteiger partial charge in [-0.2, -0.15) is 0 Å². The highest BCUT2D eigenvalue weighted by Gasteiger charge is 1.89. The van der Waals surface area contributed by atoms with Crippen LogP contribution in [-0.2, 0) is 0 Å². The van der Waals surface area contributed by atoms with E-state index in [4.69, 9.17) is 4.74 Å². The van der Waals surface area contributed by atoms with E-state index >= 15 is 0 Å². The Balaban J connectivity index is 2.94. The maximum absolute atomic E-state index is 4.93. The summed E-state index contributed by atoms with van der Waals surface area (Å²) in [5.41, 5.74) is 0. The van der Waals surface area contributed by atoms with Crippen molar-refractivity contribution in [3.63, 3.8) is 0 Å². The van der Waals surface area contributed by atoms with Crippen LogP contribution in [0.5, 0.6) is 5.75 Å². The van der Waals surface area contributed by atoms with Gasteiger partial charge in [0.2, 0.25) is 0 Å². The predicted octanol–water partition coefficient (Wildman–Crippen LogP) is 1.69. The van der Waals surface area contributed by atoms with Crippen molar-refractivity contribution in [2.75, 3.05) is 7.11 Å². The van der Waals surface area contributed by atoms with E-state index in [1.807, 2.05) is 6.07 Å². The molecule has 0 aliphatic heterocycles. The number of nitrogens with zero attached hydrogens (tertiary/aromatic N) is 1. The smallest absolute Gasteiger partial charge is 0.138 e. The Morgan fingerprint density at radius 3 is 2.78 bits per heavy atom. The van der Waals surface area contributed by atoms with E-state index in [1.54, 1.807) is 19.5 Å². The van der Waals surface area contributed by atoms with Gasteiger partial charge >= 0.3 is 0 Å². The zero-order valence-corrected chi connectivity index (χ0v) is 7.12. The van der Waals surface area contributed by atoms with Gasteiger partial charge in [-0.25, -0.2) is 0 Å². The van der Waals surface area contributed by atoms with Crippen molar-refractivity contribution in [1.29, 1.82) is 0 Å². The van der Waals surface area contributed by atoms with Crippen LogP contribution in [-0.4, -0.2) is 12.1 Å². The maximum Gasteiger partial charge on any atom is 0.138 e. The van der Waals surface area contributed by atoms with Gasteiger partial charge in [0.05, 0.1) is 13.3 Å². The number of aromatic nitrogens is 1. The summed E-state index contributed by atoms with van der Waals surface area (Å²) in [6, 6.07) is 1.92. The van der Waals surface area contributed by atoms with Gasteiger partial charge in [0.1, 0.15) is 5.75 Å². The fourth-order valence-corrected chi connectivity index (χ4v) is 0.972. The molecule has 0 saturated heterocycles. The molecule has 0 atom stereocenters. The molecule has 1 heterocycles. The third kappa shape index (κ3) is 1.82. The van der Waals surface area contributed by atoms with Gasteiger partial charge in [0.25, 0.3) is 0 Å². The highest BCUT2D eigenvalue weighted by Crippen LogP contribution is 2.11. The number of rotatable bonds is 1. The highest BCUT2D eigenvalue weighted by atomic mass is 127. The average Bonchev–Trinajstić information content (AvgIpc) is 1.88. The first-order valence-electron chi connectivity index (χ1n) is 2.47. The topological polar surface area (TPSA) is 22.1 Å². The van der Waals surface area contributed by atoms with Crippen LogP contribution in [0.3, 0.4) is 0 Å². The maximum atomic E-state index is 4.93. The Kier molecular flexibility index (Phi) is 2.27. The summed E-state index contributed by atoms with van der Waals surface area (Å²) in [7, 11) is 1.63. The second-order valence-corrected chi connectivity index (χ2v) is 2.79. The number of hydrogen-bond donors (Lipinski definition) is 0. The minimum Gasteiger partial charge on any atom is -0.495 e. The molecule has 9 heavy (non-hydrogen) atoms. The van der Waals surface area contributed by atoms with Crippen molar-refractivity contribution in [3.8, 4) is 5.75 Å². The van der Waals surface area contributed by atoms with Crippen LogP contribution >= 0.6 is 22.6 Å². The molecule has 0 saturated carbocycles. The molecule has 0 radical (unpaired) electrons. The summed E-state index contributed by atoms with van der Waals surface area (Å²) in [5, 5.41) is 0. The second kappa shape index (κ2) is 3.00. The van der Waals surface area contributed by atoms with E-state index in [2.05, 4.69) is 27.6 Å². The molecule has 1 aromatic heterocycles. The van der Waals surface area contributed by atoms with Crippen molar-refractivity contribution in [2.24, 2.45) is 0 Å². The SMILES string of the molecule is COc1cncc(I)c1. The number of hydrogen-bond acceptors (Lipinski definition) is 2. The van der Waals surface area contributed by atoms with Crippen LogP contribution in [0.2, 0.25) is 0 Å². The van der Waals surface area contributed by atoms with Crippen molar-refractivity contribution >= 4 is 22.6 Å². The van der Waals surface area contributed by atoms with Gasteiger partial charge in [0.15, 0.2) is 0 Å². The van der Waals surface area contributed by atoms with Crippen molar-refractivity contribution in [1.82, 2.24) is 4.98 Å². The van der Waals surface area contributed by atoms with Gasteiger partial charge in [-0.1, -0.05) is 0 Å². The number of methoxy groups -OCH3 is 1. The molecule has 0 spiro atoms. The number of pyridine rings is 1. The summed E-state index contributed by atoms with van der Waals surface area (Å²) in [4.78, 5) is 3.92. The third-order valence-electron chi connectivity index (χ3n) is 0.915. The van der Waals surface area contributed by atoms with Crippen LogP contribution in [0.25, 0.3) is 0 Å². The summed E-state index contributed by atoms with van der Waals surface area (Å²) < 4.78 is 6.02. The van der Waals surface area contributed by atoms with E-state index in [9.17, 15) is 0 Å². The van der Waals surface area contributed by atoms with Gasteiger partial charge < -0.3 is 4.74 Å². The second-order valence-electron chi connectivity index (χ2n) is 1.54. The molecule has 0 aromatic carbocycles. The Morgan fingerprint density at radius 2 is 2.33 bits per heavy atom. The minimum atomic E-state index is 0.807. The molecule has 48 valence electrons. The molecule has 1 aromatic rings. The fraction of sp³-hybridized carbons (Fsp3) is 0.167. The van der Waals surface area contributed by atoms with E-state index in [0.29, 0.717) is 0 Å². The number of halogens is 1. The Bertz CT molecular complexity index is 202. The monoisotopic (exact) mass is 235 g/mol. The molecule has 0 bridgehead atoms. The first kappa shape index (κ1) is 6.80. The predicted molar refractivity (Wildman–Crippen MR) is 43.5 cm³/mol. The Morgan fingerprint density at radius 1 is 1.56 bits per heavy atom. The molecular formula is C6H6INO. The molecule has 3 heteroatoms. The van der Waals surface area contributed by atoms with Crippen molar-refractivity contribution < 1.29 is 4.74 Å². The van der Waals surface area contributed by atoms with Crippen molar-refractivity contribution in [3.05, 3.63) is 22.0 Å². The van der Waals surface area contributed by atoms with E-state index in [1.165, 1.54) is 0 Å². The van der Waals surface area contributed by atoms with E-state index in [0.717, 1.165) is 9.32 Å². The lowest BCUT2D eigenvalue weighted by molar-refractivity contribution is 0.412. The molecule has 0 fully saturated rings. The van der Waals surface area contributed by atoms with Gasteiger partial charge in [-0.3, -0.25) is 4.98 Å². The van der Waals surface area contributed by atoms with Crippen LogP contribution in [0.1, 0.15) is 0 Å². The van der Waals surface area contributed by atoms with Crippen molar-refractivity contribution in [2.45, 2.75) is 0 Å². The quantitative estimate of drug-likeness (QED) is 0.691. The van der Waals surface area contributed by atoms with Gasteiger partial charge in [-0.15, -0.1) is 0 Å². The van der Waals surface area contributed by atoms with Crippen LogP contribution < -0.4 is 4.74 Å². The normalized spacial score (nSPS) is 9.11. The lowest BCUT2D eigenvalue weighted by Crippen LogP contribution is -1.83. The first-order chi connectivity index (χ1) is 4.33. The summed E-state index contributed by atoms with van der Waals surface area (Å²) in [5.74, 6) is 0.807. The molecule has 0 aliphatic carbocycles. The molecule has 0 amide bonds. The third-order valence-corrected chi connectivity index (χ3v) is 1.51. The molecule has 0 aliphatic rings. The summed E-state index contributed by atoms with van der Waals surface area (Å²) in [6.07, 6.45) is 3.46. The van der Waals surface area contributed by atoms with E-state index < -0.39 is 0 Å². The minimum absolute atomic E-state index is 0.807. The van der Waals surface area contributed by atoms with Crippen LogP contribution in [0, 0.1) is 3.57 Å². The molecule has 2 nitrogen and oxygen atoms in total. The Labute approximate surface area is 67.4 Å². The highest BCUT2D eigenvalue weighted by molar-refractivity contribution is 14.1. The molecular weight excluding hydrogens is 229 g/mol. The van der Waals surface area contributed by atoms with Gasteiger partial charge in [0, 0.05) is 9.77 Å². The lowest BCUT2D eigenvalue weighted by Gasteiger charge is -1.96. The zero-order chi connectivity index (χ0) is 6.69. The molecule has 1 rings (SSSR count). The largest absolute Gasteiger partial charge is 0.495 e.